The van der Waals surface area contributed by atoms with Crippen molar-refractivity contribution in [2.75, 3.05) is 25.5 Å². The van der Waals surface area contributed by atoms with Crippen molar-refractivity contribution in [2.24, 2.45) is 0 Å². The molecule has 0 amide bonds. The third-order valence-electron chi connectivity index (χ3n) is 2.69. The van der Waals surface area contributed by atoms with Crippen LogP contribution < -0.4 is 5.32 Å². The minimum atomic E-state index is 0.949. The van der Waals surface area contributed by atoms with Crippen molar-refractivity contribution in [3.63, 3.8) is 0 Å². The van der Waals surface area contributed by atoms with Crippen LogP contribution >= 0.6 is 27.3 Å². The highest BCUT2D eigenvalue weighted by atomic mass is 79.9. The molecule has 18 heavy (non-hydrogen) atoms. The quantitative estimate of drug-likeness (QED) is 0.862. The molecule has 4 heteroatoms. The molecule has 0 radical (unpaired) electrons. The SMILES string of the molecule is CN(CCNc1ccccc1Br)Cc1cccs1. The fraction of sp³-hybridized carbons (Fsp3) is 0.286. The summed E-state index contributed by atoms with van der Waals surface area (Å²) < 4.78 is 1.12. The van der Waals surface area contributed by atoms with Crippen LogP contribution in [0, 0.1) is 0 Å². The van der Waals surface area contributed by atoms with Crippen molar-refractivity contribution in [3.8, 4) is 0 Å². The maximum absolute atomic E-state index is 3.54. The first-order valence-electron chi connectivity index (χ1n) is 5.95. The van der Waals surface area contributed by atoms with Gasteiger partial charge in [0.05, 0.1) is 0 Å². The molecular weight excluding hydrogens is 308 g/mol. The Morgan fingerprint density at radius 2 is 2.06 bits per heavy atom. The first kappa shape index (κ1) is 13.6. The molecule has 2 rings (SSSR count). The number of para-hydroxylation sites is 1. The molecule has 96 valence electrons. The third-order valence-corrected chi connectivity index (χ3v) is 4.24. The number of rotatable bonds is 6. The molecule has 0 saturated heterocycles. The number of benzene rings is 1. The van der Waals surface area contributed by atoms with E-state index in [1.54, 1.807) is 0 Å². The van der Waals surface area contributed by atoms with Gasteiger partial charge in [0, 0.05) is 34.7 Å². The first-order chi connectivity index (χ1) is 8.75. The van der Waals surface area contributed by atoms with Crippen LogP contribution in [0.25, 0.3) is 0 Å². The van der Waals surface area contributed by atoms with Gasteiger partial charge >= 0.3 is 0 Å². The Morgan fingerprint density at radius 1 is 1.22 bits per heavy atom. The Bertz CT molecular complexity index is 470. The minimum absolute atomic E-state index is 0.949. The van der Waals surface area contributed by atoms with Crippen LogP contribution in [-0.2, 0) is 6.54 Å². The van der Waals surface area contributed by atoms with E-state index in [1.807, 2.05) is 23.5 Å². The van der Waals surface area contributed by atoms with Gasteiger partial charge in [-0.2, -0.15) is 0 Å². The van der Waals surface area contributed by atoms with Crippen LogP contribution in [-0.4, -0.2) is 25.0 Å². The van der Waals surface area contributed by atoms with Crippen LogP contribution in [0.15, 0.2) is 46.3 Å². The van der Waals surface area contributed by atoms with Crippen LogP contribution in [0.1, 0.15) is 4.88 Å². The van der Waals surface area contributed by atoms with Crippen LogP contribution in [0.5, 0.6) is 0 Å². The van der Waals surface area contributed by atoms with Crippen LogP contribution in [0.4, 0.5) is 5.69 Å². The maximum Gasteiger partial charge on any atom is 0.0485 e. The molecule has 0 aliphatic rings. The predicted octanol–water partition coefficient (Wildman–Crippen LogP) is 4.05. The molecule has 0 atom stereocenters. The summed E-state index contributed by atoms with van der Waals surface area (Å²) in [7, 11) is 2.15. The van der Waals surface area contributed by atoms with E-state index >= 15 is 0 Å². The Kier molecular flexibility index (Phi) is 5.23. The Labute approximate surface area is 121 Å². The fourth-order valence-electron chi connectivity index (χ4n) is 1.73. The minimum Gasteiger partial charge on any atom is -0.383 e. The molecule has 0 aliphatic carbocycles. The van der Waals surface area contributed by atoms with Gasteiger partial charge < -0.3 is 5.32 Å². The largest absolute Gasteiger partial charge is 0.383 e. The first-order valence-corrected chi connectivity index (χ1v) is 7.62. The van der Waals surface area contributed by atoms with Gasteiger partial charge in [-0.25, -0.2) is 0 Å². The van der Waals surface area contributed by atoms with Crippen molar-refractivity contribution >= 4 is 33.0 Å². The molecular formula is C14H17BrN2S. The van der Waals surface area contributed by atoms with E-state index in [9.17, 15) is 0 Å². The summed E-state index contributed by atoms with van der Waals surface area (Å²) in [5, 5.41) is 5.57. The van der Waals surface area contributed by atoms with Gasteiger partial charge in [-0.15, -0.1) is 11.3 Å². The summed E-state index contributed by atoms with van der Waals surface area (Å²) in [6.07, 6.45) is 0. The van der Waals surface area contributed by atoms with Gasteiger partial charge in [0.1, 0.15) is 0 Å². The predicted molar refractivity (Wildman–Crippen MR) is 83.3 cm³/mol. The number of hydrogen-bond acceptors (Lipinski definition) is 3. The third kappa shape index (κ3) is 4.12. The van der Waals surface area contributed by atoms with Gasteiger partial charge in [0.25, 0.3) is 0 Å². The molecule has 0 bridgehead atoms. The smallest absolute Gasteiger partial charge is 0.0485 e. The fourth-order valence-corrected chi connectivity index (χ4v) is 2.94. The molecule has 2 aromatic rings. The zero-order valence-corrected chi connectivity index (χ0v) is 12.8. The molecule has 0 fully saturated rings. The second-order valence-corrected chi connectivity index (χ2v) is 6.11. The number of hydrogen-bond donors (Lipinski definition) is 1. The van der Waals surface area contributed by atoms with E-state index < -0.39 is 0 Å². The monoisotopic (exact) mass is 324 g/mol. The standard InChI is InChI=1S/C14H17BrN2S/c1-17(11-12-5-4-10-18-12)9-8-16-14-7-3-2-6-13(14)15/h2-7,10,16H,8-9,11H2,1H3. The lowest BCUT2D eigenvalue weighted by Gasteiger charge is -2.16. The number of halogens is 1. The maximum atomic E-state index is 3.54. The van der Waals surface area contributed by atoms with Gasteiger partial charge in [-0.1, -0.05) is 18.2 Å². The number of anilines is 1. The number of nitrogens with zero attached hydrogens (tertiary/aromatic N) is 1. The lowest BCUT2D eigenvalue weighted by molar-refractivity contribution is 0.343. The number of likely N-dealkylation sites (N-methyl/N-ethyl adjacent to an activating group) is 1. The normalized spacial score (nSPS) is 10.8. The lowest BCUT2D eigenvalue weighted by atomic mass is 10.3. The van der Waals surface area contributed by atoms with Gasteiger partial charge in [-0.3, -0.25) is 4.90 Å². The molecule has 0 spiro atoms. The zero-order valence-electron chi connectivity index (χ0n) is 10.4. The molecule has 1 N–H and O–H groups in total. The second-order valence-electron chi connectivity index (χ2n) is 4.22. The summed E-state index contributed by atoms with van der Waals surface area (Å²) in [6, 6.07) is 12.5. The van der Waals surface area contributed by atoms with E-state index in [0.29, 0.717) is 0 Å². The summed E-state index contributed by atoms with van der Waals surface area (Å²) >= 11 is 5.35. The lowest BCUT2D eigenvalue weighted by Crippen LogP contribution is -2.24. The summed E-state index contributed by atoms with van der Waals surface area (Å²) in [5.41, 5.74) is 1.15. The summed E-state index contributed by atoms with van der Waals surface area (Å²) in [6.45, 7) is 3.00. The molecule has 0 saturated carbocycles. The average molecular weight is 325 g/mol. The molecule has 1 heterocycles. The molecule has 0 unspecified atom stereocenters. The summed E-state index contributed by atoms with van der Waals surface area (Å²) in [5.74, 6) is 0. The zero-order chi connectivity index (χ0) is 12.8. The van der Waals surface area contributed by atoms with E-state index in [1.165, 1.54) is 4.88 Å². The summed E-state index contributed by atoms with van der Waals surface area (Å²) in [4.78, 5) is 3.74. The topological polar surface area (TPSA) is 15.3 Å². The van der Waals surface area contributed by atoms with Crippen molar-refractivity contribution < 1.29 is 0 Å². The Balaban J connectivity index is 1.74. The van der Waals surface area contributed by atoms with Gasteiger partial charge in [-0.05, 0) is 46.6 Å². The highest BCUT2D eigenvalue weighted by Gasteiger charge is 2.02. The number of nitrogens with one attached hydrogen (secondary N) is 1. The van der Waals surface area contributed by atoms with E-state index in [0.717, 1.165) is 29.8 Å². The highest BCUT2D eigenvalue weighted by Crippen LogP contribution is 2.20. The second kappa shape index (κ2) is 6.92. The molecule has 2 nitrogen and oxygen atoms in total. The Morgan fingerprint density at radius 3 is 2.78 bits per heavy atom. The van der Waals surface area contributed by atoms with Crippen LogP contribution in [0.3, 0.4) is 0 Å². The van der Waals surface area contributed by atoms with Gasteiger partial charge in [0.15, 0.2) is 0 Å². The van der Waals surface area contributed by atoms with Crippen molar-refractivity contribution in [2.45, 2.75) is 6.54 Å². The molecule has 0 aliphatic heterocycles. The van der Waals surface area contributed by atoms with Gasteiger partial charge in [0.2, 0.25) is 0 Å². The molecule has 1 aromatic carbocycles. The average Bonchev–Trinajstić information content (AvgIpc) is 2.84. The van der Waals surface area contributed by atoms with E-state index in [2.05, 4.69) is 62.8 Å². The van der Waals surface area contributed by atoms with Crippen molar-refractivity contribution in [1.29, 1.82) is 0 Å². The van der Waals surface area contributed by atoms with Crippen LogP contribution in [0.2, 0.25) is 0 Å². The molecule has 1 aromatic heterocycles. The Hall–Kier alpha value is -0.840. The van der Waals surface area contributed by atoms with E-state index in [4.69, 9.17) is 0 Å². The van der Waals surface area contributed by atoms with E-state index in [-0.39, 0.29) is 0 Å². The number of thiophene rings is 1. The highest BCUT2D eigenvalue weighted by molar-refractivity contribution is 9.10. The van der Waals surface area contributed by atoms with Crippen molar-refractivity contribution in [3.05, 3.63) is 51.1 Å². The van der Waals surface area contributed by atoms with Crippen molar-refractivity contribution in [1.82, 2.24) is 4.90 Å².